The maximum atomic E-state index is 12.8. The first-order valence-corrected chi connectivity index (χ1v) is 9.24. The van der Waals surface area contributed by atoms with Crippen molar-refractivity contribution in [3.8, 4) is 10.6 Å². The third kappa shape index (κ3) is 2.60. The molecule has 1 aliphatic rings. The molecule has 0 aliphatic heterocycles. The summed E-state index contributed by atoms with van der Waals surface area (Å²) in [4.78, 5) is 22.3. The van der Waals surface area contributed by atoms with Gasteiger partial charge in [0.15, 0.2) is 17.8 Å². The molecule has 3 aromatic rings. The number of nitrogens with zero attached hydrogens (tertiary/aromatic N) is 2. The van der Waals surface area contributed by atoms with E-state index < -0.39 is 0 Å². The Kier molecular flexibility index (Phi) is 3.74. The zero-order valence-electron chi connectivity index (χ0n) is 12.3. The summed E-state index contributed by atoms with van der Waals surface area (Å²) in [5.74, 6) is 0.337. The van der Waals surface area contributed by atoms with Crippen LogP contribution in [0.1, 0.15) is 41.2 Å². The Balaban J connectivity index is 1.64. The minimum Gasteiger partial charge on any atom is -0.442 e. The molecular formula is C16H15N3O2S2. The fraction of sp³-hybridized carbons (Fsp3) is 0.312. The molecule has 118 valence electrons. The van der Waals surface area contributed by atoms with Crippen LogP contribution in [0, 0.1) is 0 Å². The number of rotatable bonds is 4. The van der Waals surface area contributed by atoms with Gasteiger partial charge in [-0.1, -0.05) is 18.9 Å². The van der Waals surface area contributed by atoms with Crippen molar-refractivity contribution in [1.82, 2.24) is 15.3 Å². The van der Waals surface area contributed by atoms with Crippen LogP contribution in [0.15, 0.2) is 39.9 Å². The first-order valence-electron chi connectivity index (χ1n) is 7.48. The van der Waals surface area contributed by atoms with Crippen LogP contribution in [0.3, 0.4) is 0 Å². The average Bonchev–Trinajstić information content (AvgIpc) is 3.31. The Labute approximate surface area is 141 Å². The van der Waals surface area contributed by atoms with Crippen LogP contribution in [0.5, 0.6) is 0 Å². The largest absolute Gasteiger partial charge is 0.442 e. The fourth-order valence-corrected chi connectivity index (χ4v) is 4.66. The standard InChI is InChI=1S/C16H15N3O2S2/c20-14(12-13(21-10-18-12)11-4-3-8-22-11)19-16(5-1-2-6-16)15-17-7-9-23-15/h3-4,7-10H,1-2,5-6H2,(H,19,20). The Bertz CT molecular complexity index is 787. The summed E-state index contributed by atoms with van der Waals surface area (Å²) >= 11 is 3.12. The number of nitrogens with one attached hydrogen (secondary N) is 1. The van der Waals surface area contributed by atoms with Crippen molar-refractivity contribution in [3.63, 3.8) is 0 Å². The number of oxazole rings is 1. The molecular weight excluding hydrogens is 330 g/mol. The molecule has 1 amide bonds. The summed E-state index contributed by atoms with van der Waals surface area (Å²) in [6.45, 7) is 0. The van der Waals surface area contributed by atoms with Crippen LogP contribution >= 0.6 is 22.7 Å². The summed E-state index contributed by atoms with van der Waals surface area (Å²) in [5, 5.41) is 8.07. The maximum absolute atomic E-state index is 12.8. The molecule has 23 heavy (non-hydrogen) atoms. The van der Waals surface area contributed by atoms with Crippen molar-refractivity contribution in [2.75, 3.05) is 0 Å². The van der Waals surface area contributed by atoms with E-state index >= 15 is 0 Å². The number of hydrogen-bond acceptors (Lipinski definition) is 6. The Morgan fingerprint density at radius 3 is 2.78 bits per heavy atom. The van der Waals surface area contributed by atoms with Gasteiger partial charge in [-0.15, -0.1) is 22.7 Å². The monoisotopic (exact) mass is 345 g/mol. The second-order valence-corrected chi connectivity index (χ2v) is 7.43. The van der Waals surface area contributed by atoms with E-state index in [0.717, 1.165) is 35.6 Å². The number of hydrogen-bond donors (Lipinski definition) is 1. The SMILES string of the molecule is O=C(NC1(c2nccs2)CCCC1)c1ncoc1-c1cccs1. The molecule has 3 aromatic heterocycles. The second kappa shape index (κ2) is 5.90. The first-order chi connectivity index (χ1) is 11.3. The Hall–Kier alpha value is -1.99. The van der Waals surface area contributed by atoms with Gasteiger partial charge in [0.2, 0.25) is 0 Å². The lowest BCUT2D eigenvalue weighted by molar-refractivity contribution is 0.0893. The van der Waals surface area contributed by atoms with E-state index in [4.69, 9.17) is 4.42 Å². The molecule has 4 rings (SSSR count). The average molecular weight is 345 g/mol. The molecule has 1 N–H and O–H groups in total. The fourth-order valence-electron chi connectivity index (χ4n) is 3.10. The predicted molar refractivity (Wildman–Crippen MR) is 89.5 cm³/mol. The highest BCUT2D eigenvalue weighted by Crippen LogP contribution is 2.40. The van der Waals surface area contributed by atoms with Gasteiger partial charge in [-0.3, -0.25) is 4.79 Å². The van der Waals surface area contributed by atoms with E-state index in [1.807, 2.05) is 22.9 Å². The molecule has 1 saturated carbocycles. The van der Waals surface area contributed by atoms with Gasteiger partial charge in [0.05, 0.1) is 10.4 Å². The van der Waals surface area contributed by atoms with Gasteiger partial charge < -0.3 is 9.73 Å². The van der Waals surface area contributed by atoms with Crippen molar-refractivity contribution in [3.05, 3.63) is 46.2 Å². The van der Waals surface area contributed by atoms with Crippen molar-refractivity contribution in [2.45, 2.75) is 31.2 Å². The minimum atomic E-state index is -0.364. The van der Waals surface area contributed by atoms with E-state index in [-0.39, 0.29) is 11.4 Å². The highest BCUT2D eigenvalue weighted by Gasteiger charge is 2.40. The molecule has 1 fully saturated rings. The quantitative estimate of drug-likeness (QED) is 0.774. The molecule has 0 spiro atoms. The van der Waals surface area contributed by atoms with Gasteiger partial charge in [-0.25, -0.2) is 9.97 Å². The zero-order valence-corrected chi connectivity index (χ0v) is 14.0. The number of aromatic nitrogens is 2. The van der Waals surface area contributed by atoms with Crippen LogP contribution in [-0.2, 0) is 5.54 Å². The van der Waals surface area contributed by atoms with Crippen LogP contribution in [0.2, 0.25) is 0 Å². The van der Waals surface area contributed by atoms with Gasteiger partial charge in [0.25, 0.3) is 5.91 Å². The van der Waals surface area contributed by atoms with Crippen molar-refractivity contribution in [2.24, 2.45) is 0 Å². The zero-order chi connectivity index (χ0) is 15.7. The lowest BCUT2D eigenvalue weighted by atomic mass is 9.98. The van der Waals surface area contributed by atoms with E-state index in [9.17, 15) is 4.79 Å². The van der Waals surface area contributed by atoms with Gasteiger partial charge in [-0.05, 0) is 24.3 Å². The molecule has 0 saturated heterocycles. The maximum Gasteiger partial charge on any atom is 0.274 e. The van der Waals surface area contributed by atoms with Gasteiger partial charge in [0, 0.05) is 11.6 Å². The van der Waals surface area contributed by atoms with Crippen LogP contribution in [0.25, 0.3) is 10.6 Å². The molecule has 0 radical (unpaired) electrons. The number of amides is 1. The summed E-state index contributed by atoms with van der Waals surface area (Å²) in [5.41, 5.74) is -0.0213. The van der Waals surface area contributed by atoms with Crippen molar-refractivity contribution in [1.29, 1.82) is 0 Å². The predicted octanol–water partition coefficient (Wildman–Crippen LogP) is 4.06. The second-order valence-electron chi connectivity index (χ2n) is 5.59. The molecule has 1 aliphatic carbocycles. The van der Waals surface area contributed by atoms with E-state index in [0.29, 0.717) is 11.5 Å². The van der Waals surface area contributed by atoms with E-state index in [1.165, 1.54) is 17.7 Å². The number of thiophene rings is 1. The summed E-state index contributed by atoms with van der Waals surface area (Å²) < 4.78 is 5.44. The summed E-state index contributed by atoms with van der Waals surface area (Å²) in [6.07, 6.45) is 7.14. The summed E-state index contributed by atoms with van der Waals surface area (Å²) in [7, 11) is 0. The topological polar surface area (TPSA) is 68.0 Å². The van der Waals surface area contributed by atoms with Crippen LogP contribution in [0.4, 0.5) is 0 Å². The third-order valence-electron chi connectivity index (χ3n) is 4.18. The molecule has 5 nitrogen and oxygen atoms in total. The molecule has 7 heteroatoms. The van der Waals surface area contributed by atoms with Gasteiger partial charge >= 0.3 is 0 Å². The first kappa shape index (κ1) is 14.6. The number of carbonyl (C=O) groups is 1. The van der Waals surface area contributed by atoms with E-state index in [2.05, 4.69) is 15.3 Å². The van der Waals surface area contributed by atoms with E-state index in [1.54, 1.807) is 17.5 Å². The van der Waals surface area contributed by atoms with Gasteiger partial charge in [0.1, 0.15) is 5.01 Å². The van der Waals surface area contributed by atoms with Crippen LogP contribution in [-0.4, -0.2) is 15.9 Å². The summed E-state index contributed by atoms with van der Waals surface area (Å²) in [6, 6.07) is 3.85. The van der Waals surface area contributed by atoms with Crippen molar-refractivity contribution < 1.29 is 9.21 Å². The minimum absolute atomic E-state index is 0.195. The lowest BCUT2D eigenvalue weighted by Crippen LogP contribution is -2.44. The Morgan fingerprint density at radius 1 is 1.22 bits per heavy atom. The molecule has 0 unspecified atom stereocenters. The smallest absolute Gasteiger partial charge is 0.274 e. The molecule has 3 heterocycles. The van der Waals surface area contributed by atoms with Crippen molar-refractivity contribution >= 4 is 28.6 Å². The van der Waals surface area contributed by atoms with Crippen LogP contribution < -0.4 is 5.32 Å². The molecule has 0 bridgehead atoms. The highest BCUT2D eigenvalue weighted by atomic mass is 32.1. The van der Waals surface area contributed by atoms with Gasteiger partial charge in [-0.2, -0.15) is 0 Å². The molecule has 0 atom stereocenters. The Morgan fingerprint density at radius 2 is 2.09 bits per heavy atom. The molecule has 0 aromatic carbocycles. The number of thiazole rings is 1. The third-order valence-corrected chi connectivity index (χ3v) is 6.02. The number of carbonyl (C=O) groups excluding carboxylic acids is 1. The lowest BCUT2D eigenvalue weighted by Gasteiger charge is -2.27. The normalized spacial score (nSPS) is 16.5. The highest BCUT2D eigenvalue weighted by molar-refractivity contribution is 7.13.